The van der Waals surface area contributed by atoms with E-state index in [-0.39, 0.29) is 6.09 Å². The first-order valence-electron chi connectivity index (χ1n) is 7.89. The van der Waals surface area contributed by atoms with E-state index in [1.54, 1.807) is 11.1 Å². The smallest absolute Gasteiger partial charge is 0.410 e. The number of aromatic nitrogens is 1. The first-order chi connectivity index (χ1) is 10.4. The van der Waals surface area contributed by atoms with Gasteiger partial charge in [0.15, 0.2) is 0 Å². The van der Waals surface area contributed by atoms with Gasteiger partial charge in [0.05, 0.1) is 18.9 Å². The third kappa shape index (κ3) is 5.64. The second-order valence-electron chi connectivity index (χ2n) is 6.77. The second kappa shape index (κ2) is 7.58. The van der Waals surface area contributed by atoms with Crippen molar-refractivity contribution < 1.29 is 14.3 Å². The molecule has 0 radical (unpaired) electrons. The molecule has 1 aliphatic heterocycles. The number of ether oxygens (including phenoxy) is 2. The zero-order valence-corrected chi connectivity index (χ0v) is 13.7. The van der Waals surface area contributed by atoms with Crippen LogP contribution in [0.4, 0.5) is 4.79 Å². The molecule has 1 aromatic heterocycles. The minimum absolute atomic E-state index is 0.220. The van der Waals surface area contributed by atoms with Crippen LogP contribution >= 0.6 is 0 Å². The van der Waals surface area contributed by atoms with Gasteiger partial charge in [0.25, 0.3) is 0 Å². The highest BCUT2D eigenvalue weighted by Crippen LogP contribution is 2.19. The van der Waals surface area contributed by atoms with E-state index in [0.29, 0.717) is 25.7 Å². The van der Waals surface area contributed by atoms with Gasteiger partial charge in [-0.1, -0.05) is 6.07 Å². The Hall–Kier alpha value is -1.62. The number of rotatable bonds is 4. The Morgan fingerprint density at radius 3 is 2.91 bits per heavy atom. The first kappa shape index (κ1) is 16.7. The molecule has 0 spiro atoms. The summed E-state index contributed by atoms with van der Waals surface area (Å²) < 4.78 is 11.2. The van der Waals surface area contributed by atoms with E-state index in [2.05, 4.69) is 4.98 Å². The van der Waals surface area contributed by atoms with E-state index in [1.165, 1.54) is 0 Å². The molecule has 2 rings (SSSR count). The zero-order chi connectivity index (χ0) is 16.0. The van der Waals surface area contributed by atoms with Crippen molar-refractivity contribution in [2.24, 2.45) is 5.92 Å². The summed E-state index contributed by atoms with van der Waals surface area (Å²) >= 11 is 0. The van der Waals surface area contributed by atoms with Crippen LogP contribution in [-0.2, 0) is 16.1 Å². The van der Waals surface area contributed by atoms with Gasteiger partial charge < -0.3 is 14.4 Å². The van der Waals surface area contributed by atoms with E-state index >= 15 is 0 Å². The predicted octanol–water partition coefficient (Wildman–Crippen LogP) is 3.25. The molecule has 0 saturated carbocycles. The van der Waals surface area contributed by atoms with Crippen molar-refractivity contribution in [2.75, 3.05) is 19.7 Å². The van der Waals surface area contributed by atoms with E-state index in [4.69, 9.17) is 9.47 Å². The van der Waals surface area contributed by atoms with Crippen molar-refractivity contribution in [3.63, 3.8) is 0 Å². The van der Waals surface area contributed by atoms with Gasteiger partial charge in [-0.2, -0.15) is 0 Å². The van der Waals surface area contributed by atoms with Gasteiger partial charge in [-0.3, -0.25) is 4.98 Å². The highest BCUT2D eigenvalue weighted by atomic mass is 16.6. The van der Waals surface area contributed by atoms with Crippen molar-refractivity contribution in [1.29, 1.82) is 0 Å². The molecule has 2 heterocycles. The summed E-state index contributed by atoms with van der Waals surface area (Å²) in [5.41, 5.74) is 0.488. The molecular formula is C17H26N2O3. The van der Waals surface area contributed by atoms with Gasteiger partial charge in [-0.15, -0.1) is 0 Å². The lowest BCUT2D eigenvalue weighted by molar-refractivity contribution is 0.00568. The maximum absolute atomic E-state index is 12.1. The third-order valence-corrected chi connectivity index (χ3v) is 3.50. The topological polar surface area (TPSA) is 51.7 Å². The lowest BCUT2D eigenvalue weighted by Gasteiger charge is -2.34. The maximum atomic E-state index is 12.1. The number of hydrogen-bond donors (Lipinski definition) is 0. The highest BCUT2D eigenvalue weighted by Gasteiger charge is 2.27. The molecule has 5 heteroatoms. The van der Waals surface area contributed by atoms with Crippen LogP contribution in [0.5, 0.6) is 0 Å². The summed E-state index contributed by atoms with van der Waals surface area (Å²) in [6.07, 6.45) is 3.63. The molecule has 0 unspecified atom stereocenters. The van der Waals surface area contributed by atoms with E-state index in [1.807, 2.05) is 39.0 Å². The molecule has 0 aliphatic carbocycles. The molecule has 1 aromatic rings. The normalized spacial score (nSPS) is 19.0. The second-order valence-corrected chi connectivity index (χ2v) is 6.77. The highest BCUT2D eigenvalue weighted by molar-refractivity contribution is 5.68. The van der Waals surface area contributed by atoms with Crippen molar-refractivity contribution in [3.8, 4) is 0 Å². The molecule has 0 bridgehead atoms. The Morgan fingerprint density at radius 1 is 1.41 bits per heavy atom. The molecule has 5 nitrogen and oxygen atoms in total. The fraction of sp³-hybridized carbons (Fsp3) is 0.647. The molecule has 1 fully saturated rings. The maximum Gasteiger partial charge on any atom is 0.410 e. The molecule has 122 valence electrons. The predicted molar refractivity (Wildman–Crippen MR) is 84.4 cm³/mol. The summed E-state index contributed by atoms with van der Waals surface area (Å²) in [7, 11) is 0. The SMILES string of the molecule is CC(C)(C)OC(=O)N1CCC[C@@H](COCc2ccccn2)C1. The number of carbonyl (C=O) groups excluding carboxylic acids is 1. The quantitative estimate of drug-likeness (QED) is 0.857. The number of likely N-dealkylation sites (tertiary alicyclic amines) is 1. The molecule has 1 saturated heterocycles. The third-order valence-electron chi connectivity index (χ3n) is 3.50. The first-order valence-corrected chi connectivity index (χ1v) is 7.89. The van der Waals surface area contributed by atoms with E-state index < -0.39 is 5.60 Å². The summed E-state index contributed by atoms with van der Waals surface area (Å²) in [6, 6.07) is 5.80. The van der Waals surface area contributed by atoms with Gasteiger partial charge in [-0.05, 0) is 45.7 Å². The van der Waals surface area contributed by atoms with Gasteiger partial charge in [-0.25, -0.2) is 4.79 Å². The lowest BCUT2D eigenvalue weighted by atomic mass is 9.99. The van der Waals surface area contributed by atoms with Crippen LogP contribution in [0.25, 0.3) is 0 Å². The number of hydrogen-bond acceptors (Lipinski definition) is 4. The van der Waals surface area contributed by atoms with Crippen LogP contribution in [0.1, 0.15) is 39.3 Å². The fourth-order valence-electron chi connectivity index (χ4n) is 2.51. The Balaban J connectivity index is 1.75. The van der Waals surface area contributed by atoms with E-state index in [9.17, 15) is 4.79 Å². The molecule has 1 amide bonds. The monoisotopic (exact) mass is 306 g/mol. The number of piperidine rings is 1. The minimum Gasteiger partial charge on any atom is -0.444 e. The van der Waals surface area contributed by atoms with Crippen LogP contribution in [0, 0.1) is 5.92 Å². The van der Waals surface area contributed by atoms with Crippen molar-refractivity contribution >= 4 is 6.09 Å². The Morgan fingerprint density at radius 2 is 2.23 bits per heavy atom. The molecular weight excluding hydrogens is 280 g/mol. The Labute approximate surface area is 132 Å². The average molecular weight is 306 g/mol. The lowest BCUT2D eigenvalue weighted by Crippen LogP contribution is -2.43. The van der Waals surface area contributed by atoms with Crippen molar-refractivity contribution in [3.05, 3.63) is 30.1 Å². The van der Waals surface area contributed by atoms with Crippen LogP contribution in [0.15, 0.2) is 24.4 Å². The average Bonchev–Trinajstić information content (AvgIpc) is 2.47. The standard InChI is InChI=1S/C17H26N2O3/c1-17(2,3)22-16(20)19-10-6-7-14(11-19)12-21-13-15-8-4-5-9-18-15/h4-5,8-9,14H,6-7,10-13H2,1-3H3/t14-/m1/s1. The summed E-state index contributed by atoms with van der Waals surface area (Å²) in [5, 5.41) is 0. The van der Waals surface area contributed by atoms with Crippen LogP contribution < -0.4 is 0 Å². The number of amides is 1. The van der Waals surface area contributed by atoms with Crippen molar-refractivity contribution in [1.82, 2.24) is 9.88 Å². The van der Waals surface area contributed by atoms with Crippen molar-refractivity contribution in [2.45, 2.75) is 45.8 Å². The minimum atomic E-state index is -0.445. The number of nitrogens with zero attached hydrogens (tertiary/aromatic N) is 2. The number of carbonyl (C=O) groups is 1. The van der Waals surface area contributed by atoms with Crippen LogP contribution in [0.3, 0.4) is 0 Å². The van der Waals surface area contributed by atoms with Gasteiger partial charge in [0.2, 0.25) is 0 Å². The van der Waals surface area contributed by atoms with Gasteiger partial charge in [0.1, 0.15) is 5.60 Å². The number of pyridine rings is 1. The van der Waals surface area contributed by atoms with E-state index in [0.717, 1.165) is 25.1 Å². The Bertz CT molecular complexity index is 471. The summed E-state index contributed by atoms with van der Waals surface area (Å²) in [4.78, 5) is 18.1. The molecule has 1 aliphatic rings. The fourth-order valence-corrected chi connectivity index (χ4v) is 2.51. The van der Waals surface area contributed by atoms with Gasteiger partial charge in [0, 0.05) is 25.2 Å². The van der Waals surface area contributed by atoms with Crippen LogP contribution in [0.2, 0.25) is 0 Å². The zero-order valence-electron chi connectivity index (χ0n) is 13.7. The summed E-state index contributed by atoms with van der Waals surface area (Å²) in [6.45, 7) is 8.31. The summed E-state index contributed by atoms with van der Waals surface area (Å²) in [5.74, 6) is 0.366. The van der Waals surface area contributed by atoms with Gasteiger partial charge >= 0.3 is 6.09 Å². The molecule has 0 aromatic carbocycles. The molecule has 1 atom stereocenters. The largest absolute Gasteiger partial charge is 0.444 e. The molecule has 22 heavy (non-hydrogen) atoms. The van der Waals surface area contributed by atoms with Crippen LogP contribution in [-0.4, -0.2) is 41.3 Å². The Kier molecular flexibility index (Phi) is 5.77. The molecule has 0 N–H and O–H groups in total.